The third kappa shape index (κ3) is 1.50. The molecule has 3 nitrogen and oxygen atoms in total. The third-order valence-electron chi connectivity index (χ3n) is 1.64. The Labute approximate surface area is 65.5 Å². The van der Waals surface area contributed by atoms with E-state index in [4.69, 9.17) is 15.3 Å². The van der Waals surface area contributed by atoms with Crippen molar-refractivity contribution in [3.63, 3.8) is 0 Å². The minimum absolute atomic E-state index is 0.120. The van der Waals surface area contributed by atoms with E-state index in [1.165, 1.54) is 7.11 Å². The quantitative estimate of drug-likeness (QED) is 0.438. The molecule has 0 unspecified atom stereocenters. The lowest BCUT2D eigenvalue weighted by atomic mass is 10.2. The summed E-state index contributed by atoms with van der Waals surface area (Å²) in [5.74, 6) is 0.893. The van der Waals surface area contributed by atoms with Crippen LogP contribution >= 0.6 is 0 Å². The lowest BCUT2D eigenvalue weighted by Crippen LogP contribution is -1.93. The van der Waals surface area contributed by atoms with E-state index in [0.29, 0.717) is 11.7 Å². The van der Waals surface area contributed by atoms with Gasteiger partial charge in [0.2, 0.25) is 0 Å². The van der Waals surface area contributed by atoms with Gasteiger partial charge in [-0.05, 0) is 12.8 Å². The minimum Gasteiger partial charge on any atom is -0.499 e. The van der Waals surface area contributed by atoms with Crippen molar-refractivity contribution in [2.75, 3.05) is 7.11 Å². The molecule has 0 radical (unpaired) electrons. The number of nitrogens with zero attached hydrogens (tertiary/aromatic N) is 2. The zero-order valence-corrected chi connectivity index (χ0v) is 6.29. The van der Waals surface area contributed by atoms with Crippen molar-refractivity contribution in [3.05, 3.63) is 11.3 Å². The first-order chi connectivity index (χ1) is 5.33. The molecule has 3 heteroatoms. The highest BCUT2D eigenvalue weighted by molar-refractivity contribution is 5.39. The van der Waals surface area contributed by atoms with Crippen LogP contribution in [0.1, 0.15) is 12.8 Å². The van der Waals surface area contributed by atoms with Crippen LogP contribution in [0.15, 0.2) is 11.3 Å². The molecule has 0 aromatic heterocycles. The Bertz CT molecular complexity index is 247. The Hall–Kier alpha value is -1.48. The number of allylic oxidation sites excluding steroid dienone is 2. The van der Waals surface area contributed by atoms with Crippen LogP contribution in [0.2, 0.25) is 0 Å². The molecular weight excluding hydrogens is 140 g/mol. The highest BCUT2D eigenvalue weighted by Crippen LogP contribution is 2.37. The first-order valence-corrected chi connectivity index (χ1v) is 3.41. The zero-order valence-electron chi connectivity index (χ0n) is 6.29. The molecule has 1 fully saturated rings. The van der Waals surface area contributed by atoms with Crippen molar-refractivity contribution < 1.29 is 4.74 Å². The van der Waals surface area contributed by atoms with Crippen molar-refractivity contribution in [2.45, 2.75) is 12.8 Å². The van der Waals surface area contributed by atoms with E-state index in [1.54, 1.807) is 0 Å². The van der Waals surface area contributed by atoms with Crippen LogP contribution in [-0.2, 0) is 4.74 Å². The van der Waals surface area contributed by atoms with Crippen LogP contribution in [0.3, 0.4) is 0 Å². The summed E-state index contributed by atoms with van der Waals surface area (Å²) in [5.41, 5.74) is 0.120. The summed E-state index contributed by atoms with van der Waals surface area (Å²) in [6, 6.07) is 3.64. The Morgan fingerprint density at radius 1 is 1.36 bits per heavy atom. The molecule has 0 bridgehead atoms. The fraction of sp³-hybridized carbons (Fsp3) is 0.500. The monoisotopic (exact) mass is 148 g/mol. The Kier molecular flexibility index (Phi) is 2.13. The fourth-order valence-corrected chi connectivity index (χ4v) is 0.954. The van der Waals surface area contributed by atoms with Crippen molar-refractivity contribution in [3.8, 4) is 12.1 Å². The van der Waals surface area contributed by atoms with Gasteiger partial charge >= 0.3 is 0 Å². The molecule has 0 spiro atoms. The summed E-state index contributed by atoms with van der Waals surface area (Å²) in [5, 5.41) is 17.0. The van der Waals surface area contributed by atoms with Crippen molar-refractivity contribution in [1.82, 2.24) is 0 Å². The van der Waals surface area contributed by atoms with Crippen molar-refractivity contribution >= 4 is 0 Å². The van der Waals surface area contributed by atoms with Gasteiger partial charge in [-0.25, -0.2) is 0 Å². The van der Waals surface area contributed by atoms with Gasteiger partial charge in [0.05, 0.1) is 7.11 Å². The average Bonchev–Trinajstić information content (AvgIpc) is 2.82. The molecule has 0 amide bonds. The molecule has 0 aliphatic heterocycles. The molecule has 0 N–H and O–H groups in total. The Morgan fingerprint density at radius 2 is 1.91 bits per heavy atom. The molecule has 0 aromatic rings. The molecule has 0 aromatic carbocycles. The summed E-state index contributed by atoms with van der Waals surface area (Å²) in [6.45, 7) is 0. The fourth-order valence-electron chi connectivity index (χ4n) is 0.954. The number of rotatable bonds is 2. The second kappa shape index (κ2) is 3.07. The Balaban J connectivity index is 2.88. The summed E-state index contributed by atoms with van der Waals surface area (Å²) in [7, 11) is 1.50. The van der Waals surface area contributed by atoms with E-state index < -0.39 is 0 Å². The standard InChI is InChI=1S/C8H8N2O/c1-11-8(6-2-3-6)7(4-9)5-10/h6H,2-3H2,1H3. The maximum Gasteiger partial charge on any atom is 0.167 e. The molecule has 11 heavy (non-hydrogen) atoms. The predicted molar refractivity (Wildman–Crippen MR) is 38.0 cm³/mol. The maximum atomic E-state index is 8.49. The van der Waals surface area contributed by atoms with Gasteiger partial charge < -0.3 is 4.74 Å². The van der Waals surface area contributed by atoms with Crippen molar-refractivity contribution in [1.29, 1.82) is 10.5 Å². The number of methoxy groups -OCH3 is 1. The number of hydrogen-bond acceptors (Lipinski definition) is 3. The van der Waals surface area contributed by atoms with Crippen molar-refractivity contribution in [2.24, 2.45) is 5.92 Å². The molecular formula is C8H8N2O. The highest BCUT2D eigenvalue weighted by atomic mass is 16.5. The zero-order chi connectivity index (χ0) is 8.27. The van der Waals surface area contributed by atoms with Crippen LogP contribution in [0.25, 0.3) is 0 Å². The van der Waals surface area contributed by atoms with E-state index in [-0.39, 0.29) is 5.57 Å². The summed E-state index contributed by atoms with van der Waals surface area (Å²) in [4.78, 5) is 0. The summed E-state index contributed by atoms with van der Waals surface area (Å²) >= 11 is 0. The SMILES string of the molecule is COC(=C(C#N)C#N)C1CC1. The summed E-state index contributed by atoms with van der Waals surface area (Å²) in [6.07, 6.45) is 2.08. The average molecular weight is 148 g/mol. The van der Waals surface area contributed by atoms with Gasteiger partial charge in [-0.15, -0.1) is 0 Å². The smallest absolute Gasteiger partial charge is 0.167 e. The summed E-state index contributed by atoms with van der Waals surface area (Å²) < 4.78 is 4.95. The molecule has 1 rings (SSSR count). The molecule has 0 heterocycles. The normalized spacial score (nSPS) is 14.5. The second-order valence-electron chi connectivity index (χ2n) is 2.44. The first kappa shape index (κ1) is 7.63. The predicted octanol–water partition coefficient (Wildman–Crippen LogP) is 1.34. The largest absolute Gasteiger partial charge is 0.499 e. The van der Waals surface area contributed by atoms with Crippen LogP contribution < -0.4 is 0 Å². The Morgan fingerprint density at radius 3 is 2.18 bits per heavy atom. The van der Waals surface area contributed by atoms with Crippen LogP contribution in [0, 0.1) is 28.6 Å². The van der Waals surface area contributed by atoms with Gasteiger partial charge in [0.1, 0.15) is 17.9 Å². The lowest BCUT2D eigenvalue weighted by molar-refractivity contribution is 0.268. The number of hydrogen-bond donors (Lipinski definition) is 0. The van der Waals surface area contributed by atoms with Gasteiger partial charge in [-0.3, -0.25) is 0 Å². The van der Waals surface area contributed by atoms with E-state index in [9.17, 15) is 0 Å². The molecule has 56 valence electrons. The van der Waals surface area contributed by atoms with E-state index in [0.717, 1.165) is 12.8 Å². The molecule has 1 saturated carbocycles. The first-order valence-electron chi connectivity index (χ1n) is 3.41. The number of ether oxygens (including phenoxy) is 1. The lowest BCUT2D eigenvalue weighted by Gasteiger charge is -2.01. The molecule has 0 saturated heterocycles. The highest BCUT2D eigenvalue weighted by Gasteiger charge is 2.29. The molecule has 1 aliphatic rings. The van der Waals surface area contributed by atoms with E-state index in [2.05, 4.69) is 0 Å². The van der Waals surface area contributed by atoms with Crippen LogP contribution in [0.5, 0.6) is 0 Å². The van der Waals surface area contributed by atoms with Gasteiger partial charge in [0.25, 0.3) is 0 Å². The molecule has 1 aliphatic carbocycles. The maximum absolute atomic E-state index is 8.49. The minimum atomic E-state index is 0.120. The molecule has 0 atom stereocenters. The third-order valence-corrected chi connectivity index (χ3v) is 1.64. The van der Waals surface area contributed by atoms with E-state index in [1.807, 2.05) is 12.1 Å². The van der Waals surface area contributed by atoms with Gasteiger partial charge in [0.15, 0.2) is 5.57 Å². The number of nitriles is 2. The van der Waals surface area contributed by atoms with Gasteiger partial charge in [-0.1, -0.05) is 0 Å². The van der Waals surface area contributed by atoms with Crippen LogP contribution in [0.4, 0.5) is 0 Å². The van der Waals surface area contributed by atoms with Crippen LogP contribution in [-0.4, -0.2) is 7.11 Å². The van der Waals surface area contributed by atoms with E-state index >= 15 is 0 Å². The van der Waals surface area contributed by atoms with Gasteiger partial charge in [-0.2, -0.15) is 10.5 Å². The second-order valence-corrected chi connectivity index (χ2v) is 2.44. The topological polar surface area (TPSA) is 56.8 Å². The van der Waals surface area contributed by atoms with Gasteiger partial charge in [0, 0.05) is 5.92 Å².